The summed E-state index contributed by atoms with van der Waals surface area (Å²) in [5.74, 6) is 0.538. The second-order valence-electron chi connectivity index (χ2n) is 5.91. The molecule has 1 aromatic heterocycles. The molecule has 0 aliphatic carbocycles. The summed E-state index contributed by atoms with van der Waals surface area (Å²) in [7, 11) is 1.82. The Bertz CT molecular complexity index is 653. The van der Waals surface area contributed by atoms with Crippen molar-refractivity contribution >= 4 is 6.03 Å². The highest BCUT2D eigenvalue weighted by Gasteiger charge is 2.20. The predicted octanol–water partition coefficient (Wildman–Crippen LogP) is 2.71. The number of hydrogen-bond donors (Lipinski definition) is 2. The topological polar surface area (TPSA) is 71.8 Å². The summed E-state index contributed by atoms with van der Waals surface area (Å²) in [6.07, 6.45) is 1.58. The van der Waals surface area contributed by atoms with Crippen molar-refractivity contribution in [3.8, 4) is 0 Å². The van der Waals surface area contributed by atoms with Crippen LogP contribution in [0, 0.1) is 11.7 Å². The van der Waals surface area contributed by atoms with Crippen molar-refractivity contribution in [2.45, 2.75) is 32.9 Å². The summed E-state index contributed by atoms with van der Waals surface area (Å²) >= 11 is 0. The van der Waals surface area contributed by atoms with Crippen molar-refractivity contribution in [1.82, 2.24) is 25.4 Å². The number of amides is 2. The Morgan fingerprint density at radius 1 is 1.17 bits per heavy atom. The number of carbonyl (C=O) groups excluding carboxylic acids is 1. The first-order chi connectivity index (χ1) is 10.9. The van der Waals surface area contributed by atoms with Gasteiger partial charge in [-0.15, -0.1) is 10.2 Å². The fourth-order valence-electron chi connectivity index (χ4n) is 2.43. The lowest BCUT2D eigenvalue weighted by Crippen LogP contribution is -2.41. The zero-order valence-corrected chi connectivity index (χ0v) is 13.7. The molecule has 6 nitrogen and oxygen atoms in total. The summed E-state index contributed by atoms with van der Waals surface area (Å²) in [6.45, 7) is 5.84. The molecule has 0 saturated carbocycles. The summed E-state index contributed by atoms with van der Waals surface area (Å²) in [4.78, 5) is 12.3. The maximum absolute atomic E-state index is 13.1. The van der Waals surface area contributed by atoms with Crippen LogP contribution in [0.3, 0.4) is 0 Å². The van der Waals surface area contributed by atoms with E-state index in [1.54, 1.807) is 23.0 Å². The van der Waals surface area contributed by atoms with E-state index < -0.39 is 0 Å². The van der Waals surface area contributed by atoms with Gasteiger partial charge in [-0.1, -0.05) is 26.0 Å². The van der Waals surface area contributed by atoms with E-state index in [0.29, 0.717) is 5.82 Å². The van der Waals surface area contributed by atoms with Gasteiger partial charge in [-0.2, -0.15) is 0 Å². The van der Waals surface area contributed by atoms with Gasteiger partial charge < -0.3 is 15.2 Å². The molecular weight excluding hydrogens is 297 g/mol. The van der Waals surface area contributed by atoms with Gasteiger partial charge in [0.05, 0.1) is 12.1 Å². The minimum atomic E-state index is -0.302. The van der Waals surface area contributed by atoms with Crippen LogP contribution in [0.4, 0.5) is 9.18 Å². The van der Waals surface area contributed by atoms with Crippen molar-refractivity contribution < 1.29 is 9.18 Å². The first-order valence-electron chi connectivity index (χ1n) is 7.55. The number of urea groups is 1. The van der Waals surface area contributed by atoms with Crippen LogP contribution in [0.2, 0.25) is 0 Å². The zero-order valence-electron chi connectivity index (χ0n) is 13.7. The molecule has 0 spiro atoms. The molecule has 2 rings (SSSR count). The second-order valence-corrected chi connectivity index (χ2v) is 5.91. The van der Waals surface area contributed by atoms with Crippen molar-refractivity contribution in [1.29, 1.82) is 0 Å². The number of nitrogens with zero attached hydrogens (tertiary/aromatic N) is 3. The Kier molecular flexibility index (Phi) is 5.31. The van der Waals surface area contributed by atoms with E-state index in [9.17, 15) is 9.18 Å². The molecule has 2 aromatic rings. The third-order valence-corrected chi connectivity index (χ3v) is 3.66. The number of halogens is 1. The van der Waals surface area contributed by atoms with E-state index in [-0.39, 0.29) is 29.8 Å². The normalized spacial score (nSPS) is 13.7. The highest BCUT2D eigenvalue weighted by atomic mass is 19.1. The van der Waals surface area contributed by atoms with Crippen LogP contribution in [-0.4, -0.2) is 20.8 Å². The lowest BCUT2D eigenvalue weighted by atomic mass is 9.96. The van der Waals surface area contributed by atoms with E-state index >= 15 is 0 Å². The van der Waals surface area contributed by atoms with Crippen LogP contribution in [0.25, 0.3) is 0 Å². The van der Waals surface area contributed by atoms with E-state index in [1.165, 1.54) is 12.1 Å². The molecule has 23 heavy (non-hydrogen) atoms. The Morgan fingerprint density at radius 3 is 2.35 bits per heavy atom. The number of aromatic nitrogens is 3. The largest absolute Gasteiger partial charge is 0.331 e. The van der Waals surface area contributed by atoms with Crippen molar-refractivity contribution in [2.24, 2.45) is 13.0 Å². The van der Waals surface area contributed by atoms with Gasteiger partial charge in [0.1, 0.15) is 12.1 Å². The van der Waals surface area contributed by atoms with Crippen LogP contribution in [0.1, 0.15) is 44.2 Å². The third kappa shape index (κ3) is 4.28. The number of carbonyl (C=O) groups is 1. The molecule has 2 N–H and O–H groups in total. The Labute approximate surface area is 135 Å². The van der Waals surface area contributed by atoms with E-state index in [2.05, 4.69) is 20.8 Å². The summed E-state index contributed by atoms with van der Waals surface area (Å²) in [5.41, 5.74) is 0.864. The lowest BCUT2D eigenvalue weighted by molar-refractivity contribution is 0.229. The van der Waals surface area contributed by atoms with E-state index in [4.69, 9.17) is 0 Å². The molecule has 0 unspecified atom stereocenters. The minimum Gasteiger partial charge on any atom is -0.331 e. The van der Waals surface area contributed by atoms with Gasteiger partial charge >= 0.3 is 6.03 Å². The van der Waals surface area contributed by atoms with Gasteiger partial charge in [-0.05, 0) is 30.5 Å². The molecule has 0 bridgehead atoms. The van der Waals surface area contributed by atoms with Crippen LogP contribution >= 0.6 is 0 Å². The molecule has 124 valence electrons. The lowest BCUT2D eigenvalue weighted by Gasteiger charge is -2.24. The fourth-order valence-corrected chi connectivity index (χ4v) is 2.43. The molecule has 2 amide bonds. The maximum atomic E-state index is 13.1. The maximum Gasteiger partial charge on any atom is 0.315 e. The van der Waals surface area contributed by atoms with Gasteiger partial charge in [0.2, 0.25) is 0 Å². The Morgan fingerprint density at radius 2 is 1.83 bits per heavy atom. The van der Waals surface area contributed by atoms with Gasteiger partial charge in [0.15, 0.2) is 5.82 Å². The summed E-state index contributed by atoms with van der Waals surface area (Å²) in [5, 5.41) is 13.6. The fraction of sp³-hybridized carbons (Fsp3) is 0.438. The molecule has 7 heteroatoms. The number of nitrogens with one attached hydrogen (secondary N) is 2. The second kappa shape index (κ2) is 7.21. The Balaban J connectivity index is 2.04. The molecule has 0 fully saturated rings. The molecule has 0 saturated heterocycles. The number of rotatable bonds is 5. The van der Waals surface area contributed by atoms with E-state index in [1.807, 2.05) is 27.8 Å². The number of aryl methyl sites for hydroxylation is 1. The van der Waals surface area contributed by atoms with E-state index in [0.717, 1.165) is 5.56 Å². The van der Waals surface area contributed by atoms with Gasteiger partial charge in [0.25, 0.3) is 0 Å². The molecule has 2 atom stereocenters. The zero-order chi connectivity index (χ0) is 17.0. The smallest absolute Gasteiger partial charge is 0.315 e. The quantitative estimate of drug-likeness (QED) is 0.890. The first kappa shape index (κ1) is 16.9. The first-order valence-corrected chi connectivity index (χ1v) is 7.55. The van der Waals surface area contributed by atoms with Crippen molar-refractivity contribution in [2.75, 3.05) is 0 Å². The number of benzene rings is 1. The molecule has 0 aliphatic heterocycles. The molecule has 0 aliphatic rings. The van der Waals surface area contributed by atoms with Crippen LogP contribution in [-0.2, 0) is 7.05 Å². The van der Waals surface area contributed by atoms with Gasteiger partial charge in [-0.25, -0.2) is 9.18 Å². The van der Waals surface area contributed by atoms with Crippen molar-refractivity contribution in [3.05, 3.63) is 47.8 Å². The Hall–Kier alpha value is -2.44. The SMILES string of the molecule is CC(C)[C@H](NC(=O)N[C@H](C)c1nncn1C)c1ccc(F)cc1. The van der Waals surface area contributed by atoms with Crippen LogP contribution in [0.15, 0.2) is 30.6 Å². The highest BCUT2D eigenvalue weighted by Crippen LogP contribution is 2.22. The average Bonchev–Trinajstić information content (AvgIpc) is 2.92. The molecular formula is C16H22FN5O. The summed E-state index contributed by atoms with van der Waals surface area (Å²) in [6, 6.07) is 5.38. The standard InChI is InChI=1S/C16H22FN5O/c1-10(2)14(12-5-7-13(17)8-6-12)20-16(23)19-11(3)15-21-18-9-22(15)4/h5-11,14H,1-4H3,(H2,19,20,23)/t11-,14+/m1/s1. The van der Waals surface area contributed by atoms with Crippen LogP contribution in [0.5, 0.6) is 0 Å². The third-order valence-electron chi connectivity index (χ3n) is 3.66. The van der Waals surface area contributed by atoms with Crippen LogP contribution < -0.4 is 10.6 Å². The molecule has 1 aromatic carbocycles. The average molecular weight is 319 g/mol. The minimum absolute atomic E-state index is 0.163. The highest BCUT2D eigenvalue weighted by molar-refractivity contribution is 5.74. The summed E-state index contributed by atoms with van der Waals surface area (Å²) < 4.78 is 14.8. The monoisotopic (exact) mass is 319 g/mol. The van der Waals surface area contributed by atoms with Gasteiger partial charge in [-0.3, -0.25) is 0 Å². The molecule has 1 heterocycles. The van der Waals surface area contributed by atoms with Crippen molar-refractivity contribution in [3.63, 3.8) is 0 Å². The number of hydrogen-bond acceptors (Lipinski definition) is 3. The predicted molar refractivity (Wildman–Crippen MR) is 85.1 cm³/mol. The van der Waals surface area contributed by atoms with Gasteiger partial charge in [0, 0.05) is 7.05 Å². The molecule has 0 radical (unpaired) electrons.